The van der Waals surface area contributed by atoms with Crippen LogP contribution in [0.3, 0.4) is 0 Å². The average molecular weight is 305 g/mol. The van der Waals surface area contributed by atoms with Crippen molar-refractivity contribution in [3.8, 4) is 11.8 Å². The molecule has 0 saturated heterocycles. The largest absolute Gasteiger partial charge is 0.347 e. The monoisotopic (exact) mass is 304 g/mol. The predicted octanol–water partition coefficient (Wildman–Crippen LogP) is 2.64. The Morgan fingerprint density at radius 1 is 1.35 bits per heavy atom. The summed E-state index contributed by atoms with van der Waals surface area (Å²) in [6, 6.07) is 10.7. The SMILES string of the molecule is NCC#Cc1ccc(CNC(=O)c2cccc(Cl)c2)s1. The molecule has 0 radical (unpaired) electrons. The van der Waals surface area contributed by atoms with E-state index in [0.29, 0.717) is 23.7 Å². The fourth-order valence-electron chi connectivity index (χ4n) is 1.58. The molecule has 5 heteroatoms. The molecular formula is C15H13ClN2OS. The highest BCUT2D eigenvalue weighted by Crippen LogP contribution is 2.15. The van der Waals surface area contributed by atoms with Crippen LogP contribution in [-0.4, -0.2) is 12.5 Å². The highest BCUT2D eigenvalue weighted by atomic mass is 35.5. The number of rotatable bonds is 3. The maximum Gasteiger partial charge on any atom is 0.251 e. The van der Waals surface area contributed by atoms with Crippen LogP contribution >= 0.6 is 22.9 Å². The first kappa shape index (κ1) is 14.6. The molecule has 1 amide bonds. The van der Waals surface area contributed by atoms with E-state index in [2.05, 4.69) is 17.2 Å². The summed E-state index contributed by atoms with van der Waals surface area (Å²) in [6.07, 6.45) is 0. The second kappa shape index (κ2) is 7.11. The van der Waals surface area contributed by atoms with Gasteiger partial charge in [0.2, 0.25) is 0 Å². The van der Waals surface area contributed by atoms with Gasteiger partial charge in [0.15, 0.2) is 0 Å². The van der Waals surface area contributed by atoms with Crippen molar-refractivity contribution < 1.29 is 4.79 Å². The number of carbonyl (C=O) groups excluding carboxylic acids is 1. The van der Waals surface area contributed by atoms with Crippen molar-refractivity contribution in [2.75, 3.05) is 6.54 Å². The number of amides is 1. The van der Waals surface area contributed by atoms with Gasteiger partial charge < -0.3 is 11.1 Å². The summed E-state index contributed by atoms with van der Waals surface area (Å²) in [4.78, 5) is 13.9. The van der Waals surface area contributed by atoms with Gasteiger partial charge in [-0.15, -0.1) is 11.3 Å². The Kier molecular flexibility index (Phi) is 5.19. The van der Waals surface area contributed by atoms with Gasteiger partial charge in [-0.1, -0.05) is 29.5 Å². The van der Waals surface area contributed by atoms with E-state index in [-0.39, 0.29) is 5.91 Å². The summed E-state index contributed by atoms with van der Waals surface area (Å²) >= 11 is 7.40. The van der Waals surface area contributed by atoms with Crippen LogP contribution in [-0.2, 0) is 6.54 Å². The highest BCUT2D eigenvalue weighted by molar-refractivity contribution is 7.12. The zero-order valence-corrected chi connectivity index (χ0v) is 12.2. The van der Waals surface area contributed by atoms with Gasteiger partial charge in [0.05, 0.1) is 18.0 Å². The first-order chi connectivity index (χ1) is 9.69. The third-order valence-corrected chi connectivity index (χ3v) is 3.72. The van der Waals surface area contributed by atoms with Gasteiger partial charge in [0.1, 0.15) is 0 Å². The Balaban J connectivity index is 1.95. The Morgan fingerprint density at radius 3 is 2.95 bits per heavy atom. The van der Waals surface area contributed by atoms with E-state index in [1.807, 2.05) is 12.1 Å². The molecule has 102 valence electrons. The maximum absolute atomic E-state index is 11.9. The zero-order chi connectivity index (χ0) is 14.4. The lowest BCUT2D eigenvalue weighted by atomic mass is 10.2. The predicted molar refractivity (Wildman–Crippen MR) is 82.9 cm³/mol. The van der Waals surface area contributed by atoms with Crippen molar-refractivity contribution in [3.63, 3.8) is 0 Å². The molecule has 2 aromatic rings. The third-order valence-electron chi connectivity index (χ3n) is 2.49. The lowest BCUT2D eigenvalue weighted by molar-refractivity contribution is 0.0951. The van der Waals surface area contributed by atoms with E-state index in [1.54, 1.807) is 35.6 Å². The van der Waals surface area contributed by atoms with Gasteiger partial charge in [-0.3, -0.25) is 4.79 Å². The van der Waals surface area contributed by atoms with Crippen molar-refractivity contribution in [2.45, 2.75) is 6.54 Å². The minimum Gasteiger partial charge on any atom is -0.347 e. The van der Waals surface area contributed by atoms with E-state index in [0.717, 1.165) is 9.75 Å². The van der Waals surface area contributed by atoms with E-state index in [9.17, 15) is 4.79 Å². The molecule has 20 heavy (non-hydrogen) atoms. The van der Waals surface area contributed by atoms with E-state index < -0.39 is 0 Å². The summed E-state index contributed by atoms with van der Waals surface area (Å²) in [5.41, 5.74) is 5.87. The molecule has 0 spiro atoms. The molecule has 2 rings (SSSR count). The minimum absolute atomic E-state index is 0.143. The van der Waals surface area contributed by atoms with Gasteiger partial charge in [0.25, 0.3) is 5.91 Å². The van der Waals surface area contributed by atoms with Crippen molar-refractivity contribution in [1.82, 2.24) is 5.32 Å². The molecule has 0 atom stereocenters. The van der Waals surface area contributed by atoms with Crippen LogP contribution in [0, 0.1) is 11.8 Å². The molecule has 0 aliphatic carbocycles. The van der Waals surface area contributed by atoms with E-state index in [4.69, 9.17) is 17.3 Å². The van der Waals surface area contributed by atoms with Crippen LogP contribution in [0.1, 0.15) is 20.1 Å². The van der Waals surface area contributed by atoms with Crippen LogP contribution in [0.2, 0.25) is 5.02 Å². The zero-order valence-electron chi connectivity index (χ0n) is 10.7. The molecule has 0 fully saturated rings. The highest BCUT2D eigenvalue weighted by Gasteiger charge is 2.06. The minimum atomic E-state index is -0.143. The molecule has 3 N–H and O–H groups in total. The molecule has 0 unspecified atom stereocenters. The summed E-state index contributed by atoms with van der Waals surface area (Å²) in [6.45, 7) is 0.819. The Labute approximate surface area is 126 Å². The lowest BCUT2D eigenvalue weighted by Crippen LogP contribution is -2.22. The fraction of sp³-hybridized carbons (Fsp3) is 0.133. The summed E-state index contributed by atoms with van der Waals surface area (Å²) < 4.78 is 0. The molecular weight excluding hydrogens is 292 g/mol. The molecule has 3 nitrogen and oxygen atoms in total. The standard InChI is InChI=1S/C15H13ClN2OS/c16-12-4-1-3-11(9-12)15(19)18-10-14-7-6-13(20-14)5-2-8-17/h1,3-4,6-7,9H,8,10,17H2,(H,18,19). The van der Waals surface area contributed by atoms with E-state index >= 15 is 0 Å². The maximum atomic E-state index is 11.9. The number of halogens is 1. The molecule has 1 heterocycles. The van der Waals surface area contributed by atoms with Crippen LogP contribution in [0.25, 0.3) is 0 Å². The molecule has 1 aromatic carbocycles. The smallest absolute Gasteiger partial charge is 0.251 e. The number of thiophene rings is 1. The lowest BCUT2D eigenvalue weighted by Gasteiger charge is -2.03. The summed E-state index contributed by atoms with van der Waals surface area (Å²) in [5.74, 6) is 5.62. The van der Waals surface area contributed by atoms with Crippen molar-refractivity contribution in [1.29, 1.82) is 0 Å². The summed E-state index contributed by atoms with van der Waals surface area (Å²) in [7, 11) is 0. The quantitative estimate of drug-likeness (QED) is 0.857. The second-order valence-electron chi connectivity index (χ2n) is 3.96. The van der Waals surface area contributed by atoms with Crippen LogP contribution in [0.4, 0.5) is 0 Å². The Bertz CT molecular complexity index is 670. The fourth-order valence-corrected chi connectivity index (χ4v) is 2.59. The number of hydrogen-bond donors (Lipinski definition) is 2. The number of nitrogens with two attached hydrogens (primary N) is 1. The topological polar surface area (TPSA) is 55.1 Å². The molecule has 0 saturated carbocycles. The first-order valence-corrected chi connectivity index (χ1v) is 7.20. The van der Waals surface area contributed by atoms with Gasteiger partial charge in [-0.2, -0.15) is 0 Å². The number of hydrogen-bond acceptors (Lipinski definition) is 3. The van der Waals surface area contributed by atoms with Crippen LogP contribution in [0.15, 0.2) is 36.4 Å². The van der Waals surface area contributed by atoms with Gasteiger partial charge in [-0.25, -0.2) is 0 Å². The van der Waals surface area contributed by atoms with Crippen molar-refractivity contribution in [2.24, 2.45) is 5.73 Å². The van der Waals surface area contributed by atoms with E-state index in [1.165, 1.54) is 0 Å². The van der Waals surface area contributed by atoms with Crippen LogP contribution < -0.4 is 11.1 Å². The molecule has 0 aliphatic rings. The Morgan fingerprint density at radius 2 is 2.20 bits per heavy atom. The van der Waals surface area contributed by atoms with Gasteiger partial charge in [-0.05, 0) is 30.3 Å². The van der Waals surface area contributed by atoms with Crippen molar-refractivity contribution in [3.05, 3.63) is 56.7 Å². The van der Waals surface area contributed by atoms with Gasteiger partial charge in [0, 0.05) is 15.5 Å². The normalized spacial score (nSPS) is 9.70. The summed E-state index contributed by atoms with van der Waals surface area (Å²) in [5, 5.41) is 3.40. The number of carbonyl (C=O) groups is 1. The third kappa shape index (κ3) is 4.10. The molecule has 0 aliphatic heterocycles. The van der Waals surface area contributed by atoms with Crippen LogP contribution in [0.5, 0.6) is 0 Å². The molecule has 0 bridgehead atoms. The van der Waals surface area contributed by atoms with Gasteiger partial charge >= 0.3 is 0 Å². The second-order valence-corrected chi connectivity index (χ2v) is 5.57. The Hall–Kier alpha value is -1.80. The number of benzene rings is 1. The average Bonchev–Trinajstić information content (AvgIpc) is 2.90. The number of nitrogens with one attached hydrogen (secondary N) is 1. The van der Waals surface area contributed by atoms with Crippen molar-refractivity contribution >= 4 is 28.8 Å². The molecule has 1 aromatic heterocycles. The first-order valence-electron chi connectivity index (χ1n) is 6.00.